The third-order valence-electron chi connectivity index (χ3n) is 6.30. The number of aromatic nitrogens is 5. The van der Waals surface area contributed by atoms with Crippen LogP contribution in [0.15, 0.2) is 48.9 Å². The van der Waals surface area contributed by atoms with E-state index in [1.54, 1.807) is 13.4 Å². The first-order valence-electron chi connectivity index (χ1n) is 11.5. The molecule has 0 saturated carbocycles. The number of methoxy groups -OCH3 is 1. The van der Waals surface area contributed by atoms with Gasteiger partial charge < -0.3 is 14.6 Å². The standard InChI is InChI=1S/C26H27FN6O/c1-4-21(17-8-10-18(27)11-9-17)29-25-20-7-5-6-19(20)24(31-32-25)22-12-13-23(26(30-22)34-3)33-14-16(2)28-15-33/h8-15,21H,4-7H2,1-3H3,(H,29,32)/t21-/m0/s1. The molecule has 0 saturated heterocycles. The molecule has 34 heavy (non-hydrogen) atoms. The van der Waals surface area contributed by atoms with E-state index < -0.39 is 0 Å². The molecule has 0 fully saturated rings. The van der Waals surface area contributed by atoms with Gasteiger partial charge in [0.05, 0.1) is 30.9 Å². The number of hydrogen-bond acceptors (Lipinski definition) is 6. The molecule has 1 atom stereocenters. The number of benzene rings is 1. The smallest absolute Gasteiger partial charge is 0.238 e. The van der Waals surface area contributed by atoms with E-state index in [0.717, 1.165) is 59.8 Å². The molecule has 3 aromatic heterocycles. The van der Waals surface area contributed by atoms with Gasteiger partial charge in [-0.15, -0.1) is 10.2 Å². The molecule has 0 amide bonds. The summed E-state index contributed by atoms with van der Waals surface area (Å²) in [5.41, 5.74) is 6.65. The molecule has 3 heterocycles. The topological polar surface area (TPSA) is 77.8 Å². The number of nitrogens with one attached hydrogen (secondary N) is 1. The molecule has 0 bridgehead atoms. The summed E-state index contributed by atoms with van der Waals surface area (Å²) >= 11 is 0. The Balaban J connectivity index is 1.48. The van der Waals surface area contributed by atoms with Gasteiger partial charge in [-0.05, 0) is 68.0 Å². The van der Waals surface area contributed by atoms with Gasteiger partial charge in [0.25, 0.3) is 0 Å². The summed E-state index contributed by atoms with van der Waals surface area (Å²) in [7, 11) is 1.61. The van der Waals surface area contributed by atoms with Crippen LogP contribution in [0.4, 0.5) is 10.2 Å². The molecule has 0 radical (unpaired) electrons. The highest BCUT2D eigenvalue weighted by molar-refractivity contribution is 5.67. The molecule has 1 aromatic carbocycles. The third-order valence-corrected chi connectivity index (χ3v) is 6.30. The van der Waals surface area contributed by atoms with Gasteiger partial charge in [0.2, 0.25) is 5.88 Å². The minimum atomic E-state index is -0.235. The van der Waals surface area contributed by atoms with Crippen molar-refractivity contribution in [1.29, 1.82) is 0 Å². The van der Waals surface area contributed by atoms with E-state index in [9.17, 15) is 4.39 Å². The zero-order chi connectivity index (χ0) is 23.7. The lowest BCUT2D eigenvalue weighted by Gasteiger charge is -2.20. The fourth-order valence-electron chi connectivity index (χ4n) is 4.55. The zero-order valence-electron chi connectivity index (χ0n) is 19.5. The number of fused-ring (bicyclic) bond motifs is 1. The minimum Gasteiger partial charge on any atom is -0.479 e. The zero-order valence-corrected chi connectivity index (χ0v) is 19.5. The Morgan fingerprint density at radius 3 is 2.59 bits per heavy atom. The summed E-state index contributed by atoms with van der Waals surface area (Å²) < 4.78 is 20.9. The Bertz CT molecular complexity index is 1320. The average Bonchev–Trinajstić information content (AvgIpc) is 3.52. The minimum absolute atomic E-state index is 0.0292. The highest BCUT2D eigenvalue weighted by Crippen LogP contribution is 2.36. The third kappa shape index (κ3) is 4.11. The van der Waals surface area contributed by atoms with Crippen LogP contribution >= 0.6 is 0 Å². The predicted octanol–water partition coefficient (Wildman–Crippen LogP) is 5.23. The maximum atomic E-state index is 13.4. The molecule has 0 spiro atoms. The number of ether oxygens (including phenoxy) is 1. The maximum Gasteiger partial charge on any atom is 0.238 e. The van der Waals surface area contributed by atoms with E-state index >= 15 is 0 Å². The monoisotopic (exact) mass is 458 g/mol. The molecule has 174 valence electrons. The average molecular weight is 459 g/mol. The lowest BCUT2D eigenvalue weighted by Crippen LogP contribution is -2.14. The van der Waals surface area contributed by atoms with Gasteiger partial charge in [-0.2, -0.15) is 0 Å². The summed E-state index contributed by atoms with van der Waals surface area (Å²) in [6, 6.07) is 10.6. The number of anilines is 1. The molecule has 7 nitrogen and oxygen atoms in total. The molecule has 0 aliphatic heterocycles. The van der Waals surface area contributed by atoms with Crippen LogP contribution in [0.5, 0.6) is 5.88 Å². The normalized spacial score (nSPS) is 13.5. The number of rotatable bonds is 7. The van der Waals surface area contributed by atoms with Gasteiger partial charge in [-0.25, -0.2) is 14.4 Å². The van der Waals surface area contributed by atoms with E-state index in [1.165, 1.54) is 23.3 Å². The highest BCUT2D eigenvalue weighted by atomic mass is 19.1. The number of hydrogen-bond donors (Lipinski definition) is 1. The molecule has 5 rings (SSSR count). The van der Waals surface area contributed by atoms with Gasteiger partial charge in [-0.1, -0.05) is 19.1 Å². The van der Waals surface area contributed by atoms with Crippen LogP contribution in [-0.2, 0) is 12.8 Å². The van der Waals surface area contributed by atoms with Gasteiger partial charge in [-0.3, -0.25) is 0 Å². The van der Waals surface area contributed by atoms with Crippen molar-refractivity contribution >= 4 is 5.82 Å². The molecule has 4 aromatic rings. The molecular formula is C26H27FN6O. The Kier molecular flexibility index (Phi) is 5.96. The van der Waals surface area contributed by atoms with Crippen molar-refractivity contribution in [2.75, 3.05) is 12.4 Å². The fraction of sp³-hybridized carbons (Fsp3) is 0.308. The van der Waals surface area contributed by atoms with Crippen LogP contribution in [-0.4, -0.2) is 31.8 Å². The van der Waals surface area contributed by atoms with Crippen LogP contribution < -0.4 is 10.1 Å². The molecule has 8 heteroatoms. The van der Waals surface area contributed by atoms with Crippen LogP contribution in [0.1, 0.15) is 48.2 Å². The van der Waals surface area contributed by atoms with E-state index in [4.69, 9.17) is 9.72 Å². The van der Waals surface area contributed by atoms with Gasteiger partial charge >= 0.3 is 0 Å². The van der Waals surface area contributed by atoms with Gasteiger partial charge in [0.15, 0.2) is 5.82 Å². The summed E-state index contributed by atoms with van der Waals surface area (Å²) in [5.74, 6) is 1.07. The fourth-order valence-corrected chi connectivity index (χ4v) is 4.55. The quantitative estimate of drug-likeness (QED) is 0.409. The van der Waals surface area contributed by atoms with E-state index in [0.29, 0.717) is 5.88 Å². The molecule has 1 aliphatic carbocycles. The van der Waals surface area contributed by atoms with E-state index in [-0.39, 0.29) is 11.9 Å². The van der Waals surface area contributed by atoms with Gasteiger partial charge in [0.1, 0.15) is 17.2 Å². The van der Waals surface area contributed by atoms with E-state index in [1.807, 2.05) is 42.0 Å². The van der Waals surface area contributed by atoms with Gasteiger partial charge in [0, 0.05) is 11.8 Å². The largest absolute Gasteiger partial charge is 0.479 e. The summed E-state index contributed by atoms with van der Waals surface area (Å²) in [5, 5.41) is 12.7. The summed E-state index contributed by atoms with van der Waals surface area (Å²) in [4.78, 5) is 9.05. The second-order valence-corrected chi connectivity index (χ2v) is 8.51. The van der Waals surface area contributed by atoms with Crippen LogP contribution in [0.2, 0.25) is 0 Å². The number of imidazole rings is 1. The van der Waals surface area contributed by atoms with Crippen LogP contribution in [0, 0.1) is 12.7 Å². The molecule has 1 aliphatic rings. The first kappa shape index (κ1) is 22.0. The molecule has 1 N–H and O–H groups in total. The van der Waals surface area contributed by atoms with Crippen molar-refractivity contribution in [1.82, 2.24) is 24.7 Å². The van der Waals surface area contributed by atoms with Crippen molar-refractivity contribution in [3.05, 3.63) is 77.1 Å². The van der Waals surface area contributed by atoms with Crippen molar-refractivity contribution in [3.63, 3.8) is 0 Å². The lowest BCUT2D eigenvalue weighted by atomic mass is 10.0. The van der Waals surface area contributed by atoms with Crippen molar-refractivity contribution < 1.29 is 9.13 Å². The number of pyridine rings is 1. The first-order valence-corrected chi connectivity index (χ1v) is 11.5. The highest BCUT2D eigenvalue weighted by Gasteiger charge is 2.25. The molecule has 0 unspecified atom stereocenters. The second kappa shape index (κ2) is 9.21. The number of nitrogens with zero attached hydrogens (tertiary/aromatic N) is 5. The van der Waals surface area contributed by atoms with E-state index in [2.05, 4.69) is 27.4 Å². The van der Waals surface area contributed by atoms with Crippen LogP contribution in [0.3, 0.4) is 0 Å². The SMILES string of the molecule is CC[C@H](Nc1nnc(-c2ccc(-n3cnc(C)c3)c(OC)n2)c2c1CCC2)c1ccc(F)cc1. The Morgan fingerprint density at radius 2 is 1.88 bits per heavy atom. The van der Waals surface area contributed by atoms with Crippen LogP contribution in [0.25, 0.3) is 17.1 Å². The van der Waals surface area contributed by atoms with Crippen molar-refractivity contribution in [2.24, 2.45) is 0 Å². The number of halogens is 1. The predicted molar refractivity (Wildman–Crippen MR) is 129 cm³/mol. The maximum absolute atomic E-state index is 13.4. The van der Waals surface area contributed by atoms with Crippen molar-refractivity contribution in [3.8, 4) is 23.0 Å². The Morgan fingerprint density at radius 1 is 1.09 bits per heavy atom. The Labute approximate surface area is 198 Å². The van der Waals surface area contributed by atoms with Crippen molar-refractivity contribution in [2.45, 2.75) is 45.6 Å². The number of aryl methyl sites for hydroxylation is 1. The summed E-state index contributed by atoms with van der Waals surface area (Å²) in [6.07, 6.45) is 7.43. The molecular weight excluding hydrogens is 431 g/mol. The Hall–Kier alpha value is -3.81. The lowest BCUT2D eigenvalue weighted by molar-refractivity contribution is 0.396. The summed E-state index contributed by atoms with van der Waals surface area (Å²) in [6.45, 7) is 4.04. The first-order chi connectivity index (χ1) is 16.6. The second-order valence-electron chi connectivity index (χ2n) is 8.51.